The van der Waals surface area contributed by atoms with Gasteiger partial charge in [0.25, 0.3) is 0 Å². The lowest BCUT2D eigenvalue weighted by molar-refractivity contribution is 0.0684. The van der Waals surface area contributed by atoms with Crippen molar-refractivity contribution >= 4 is 11.7 Å². The van der Waals surface area contributed by atoms with Gasteiger partial charge >= 0.3 is 5.97 Å². The molecular weight excluding hydrogens is 406 g/mol. The number of hydrogen-bond acceptors (Lipinski definition) is 5. The number of aromatic nitrogens is 2. The summed E-state index contributed by atoms with van der Waals surface area (Å²) in [5.74, 6) is -1.95. The van der Waals surface area contributed by atoms with Crippen LogP contribution in [0.5, 0.6) is 5.88 Å². The Morgan fingerprint density at radius 2 is 1.77 bits per heavy atom. The third kappa shape index (κ3) is 8.43. The van der Waals surface area contributed by atoms with Crippen molar-refractivity contribution in [1.29, 1.82) is 0 Å². The van der Waals surface area contributed by atoms with Gasteiger partial charge in [0, 0.05) is 24.4 Å². The molecule has 0 amide bonds. The molecule has 0 bridgehead atoms. The van der Waals surface area contributed by atoms with Crippen LogP contribution in [-0.2, 0) is 6.54 Å². The zero-order valence-corrected chi connectivity index (χ0v) is 17.5. The smallest absolute Gasteiger partial charge is 0.354 e. The van der Waals surface area contributed by atoms with E-state index >= 15 is 0 Å². The minimum absolute atomic E-state index is 0.104. The Balaban J connectivity index is 0.000000316. The molecule has 0 aliphatic carbocycles. The van der Waals surface area contributed by atoms with Gasteiger partial charge in [-0.1, -0.05) is 30.3 Å². The fourth-order valence-corrected chi connectivity index (χ4v) is 2.65. The van der Waals surface area contributed by atoms with Gasteiger partial charge in [-0.05, 0) is 38.2 Å². The molecule has 0 aliphatic rings. The molecule has 3 aromatic rings. The Morgan fingerprint density at radius 1 is 1.13 bits per heavy atom. The fourth-order valence-electron chi connectivity index (χ4n) is 2.65. The molecule has 0 atom stereocenters. The third-order valence-electron chi connectivity index (χ3n) is 4.04. The Hall–Kier alpha value is -3.46. The van der Waals surface area contributed by atoms with E-state index in [-0.39, 0.29) is 11.4 Å². The van der Waals surface area contributed by atoms with Crippen molar-refractivity contribution in [2.24, 2.45) is 0 Å². The predicted octanol–water partition coefficient (Wildman–Crippen LogP) is 3.51. The van der Waals surface area contributed by atoms with Gasteiger partial charge in [0.15, 0.2) is 5.69 Å². The number of carbonyl (C=O) groups is 1. The van der Waals surface area contributed by atoms with Crippen LogP contribution in [0, 0.1) is 11.6 Å². The molecule has 3 rings (SSSR count). The molecule has 0 saturated heterocycles. The van der Waals surface area contributed by atoms with E-state index in [2.05, 4.69) is 10.00 Å². The average Bonchev–Trinajstić information content (AvgIpc) is 3.08. The number of benzene rings is 2. The standard InChI is InChI=1S/C16H21N3O3.C6H5F2N/c1-18(2)9-6-10-22-15-11-14(16(20)21)19(17-15)12-13-7-4-3-5-8-13;7-4-1-5(8)3-6(9)2-4/h3-5,7-8,11H,6,9-10,12H2,1-2H3,(H,20,21);1-3H,9H2. The Kier molecular flexibility index (Phi) is 8.95. The minimum Gasteiger partial charge on any atom is -0.477 e. The summed E-state index contributed by atoms with van der Waals surface area (Å²) in [6.45, 7) is 1.83. The number of ether oxygens (including phenoxy) is 1. The largest absolute Gasteiger partial charge is 0.477 e. The predicted molar refractivity (Wildman–Crippen MR) is 114 cm³/mol. The van der Waals surface area contributed by atoms with E-state index in [0.29, 0.717) is 19.0 Å². The van der Waals surface area contributed by atoms with Gasteiger partial charge in [-0.15, -0.1) is 5.10 Å². The maximum absolute atomic E-state index is 12.1. The monoisotopic (exact) mass is 432 g/mol. The van der Waals surface area contributed by atoms with Crippen molar-refractivity contribution < 1.29 is 23.4 Å². The van der Waals surface area contributed by atoms with Crippen molar-refractivity contribution in [2.45, 2.75) is 13.0 Å². The summed E-state index contributed by atoms with van der Waals surface area (Å²) in [5.41, 5.74) is 6.31. The van der Waals surface area contributed by atoms with E-state index < -0.39 is 17.6 Å². The third-order valence-corrected chi connectivity index (χ3v) is 4.04. The van der Waals surface area contributed by atoms with Crippen LogP contribution in [0.15, 0.2) is 54.6 Å². The average molecular weight is 432 g/mol. The molecule has 9 heteroatoms. The summed E-state index contributed by atoms with van der Waals surface area (Å²) >= 11 is 0. The maximum atomic E-state index is 12.1. The molecule has 1 aromatic heterocycles. The zero-order chi connectivity index (χ0) is 22.8. The first-order valence-corrected chi connectivity index (χ1v) is 9.58. The van der Waals surface area contributed by atoms with Crippen LogP contribution in [0.1, 0.15) is 22.5 Å². The van der Waals surface area contributed by atoms with Gasteiger partial charge in [0.1, 0.15) is 11.6 Å². The molecule has 2 aromatic carbocycles. The van der Waals surface area contributed by atoms with Gasteiger partial charge in [-0.3, -0.25) is 0 Å². The van der Waals surface area contributed by atoms with Gasteiger partial charge in [0.05, 0.1) is 13.2 Å². The summed E-state index contributed by atoms with van der Waals surface area (Å²) in [6.07, 6.45) is 0.862. The molecule has 0 fully saturated rings. The molecule has 0 radical (unpaired) electrons. The summed E-state index contributed by atoms with van der Waals surface area (Å²) in [7, 11) is 3.99. The van der Waals surface area contributed by atoms with E-state index in [0.717, 1.165) is 36.7 Å². The highest BCUT2D eigenvalue weighted by molar-refractivity contribution is 5.86. The van der Waals surface area contributed by atoms with E-state index in [9.17, 15) is 18.7 Å². The number of hydrogen-bond donors (Lipinski definition) is 2. The minimum atomic E-state index is -1.01. The summed E-state index contributed by atoms with van der Waals surface area (Å²) < 4.78 is 31.2. The quantitative estimate of drug-likeness (QED) is 0.418. The second kappa shape index (κ2) is 11.7. The molecule has 31 heavy (non-hydrogen) atoms. The van der Waals surface area contributed by atoms with Crippen molar-refractivity contribution in [1.82, 2.24) is 14.7 Å². The van der Waals surface area contributed by atoms with Crippen LogP contribution in [0.25, 0.3) is 0 Å². The number of aromatic carboxylic acids is 1. The normalized spacial score (nSPS) is 10.5. The Morgan fingerprint density at radius 3 is 2.32 bits per heavy atom. The molecule has 7 nitrogen and oxygen atoms in total. The second-order valence-electron chi connectivity index (χ2n) is 7.02. The Bertz CT molecular complexity index is 928. The first-order valence-electron chi connectivity index (χ1n) is 9.58. The zero-order valence-electron chi connectivity index (χ0n) is 17.5. The summed E-state index contributed by atoms with van der Waals surface area (Å²) in [5, 5.41) is 13.5. The molecule has 3 N–H and O–H groups in total. The molecule has 166 valence electrons. The molecule has 0 unspecified atom stereocenters. The highest BCUT2D eigenvalue weighted by Gasteiger charge is 2.15. The van der Waals surface area contributed by atoms with Crippen molar-refractivity contribution in [3.63, 3.8) is 0 Å². The molecule has 1 heterocycles. The maximum Gasteiger partial charge on any atom is 0.354 e. The fraction of sp³-hybridized carbons (Fsp3) is 0.273. The molecule has 0 spiro atoms. The lowest BCUT2D eigenvalue weighted by atomic mass is 10.2. The molecule has 0 saturated carbocycles. The number of carboxylic acid groups (broad SMARTS) is 1. The van der Waals surface area contributed by atoms with Crippen LogP contribution in [-0.4, -0.2) is 53.0 Å². The van der Waals surface area contributed by atoms with Crippen molar-refractivity contribution in [3.05, 3.63) is 77.5 Å². The van der Waals surface area contributed by atoms with Crippen LogP contribution >= 0.6 is 0 Å². The number of nitrogen functional groups attached to an aromatic ring is 1. The summed E-state index contributed by atoms with van der Waals surface area (Å²) in [4.78, 5) is 13.4. The lowest BCUT2D eigenvalue weighted by Crippen LogP contribution is -2.15. The van der Waals surface area contributed by atoms with E-state index in [1.165, 1.54) is 10.7 Å². The number of anilines is 1. The van der Waals surface area contributed by atoms with E-state index in [1.807, 2.05) is 44.4 Å². The van der Waals surface area contributed by atoms with Gasteiger partial charge in [-0.2, -0.15) is 0 Å². The van der Waals surface area contributed by atoms with Crippen molar-refractivity contribution in [2.75, 3.05) is 33.0 Å². The van der Waals surface area contributed by atoms with Crippen LogP contribution in [0.4, 0.5) is 14.5 Å². The number of nitrogens with two attached hydrogens (primary N) is 1. The van der Waals surface area contributed by atoms with E-state index in [1.54, 1.807) is 0 Å². The number of carboxylic acids is 1. The SMILES string of the molecule is CN(C)CCCOc1cc(C(=O)O)n(Cc2ccccc2)n1.Nc1cc(F)cc(F)c1. The van der Waals surface area contributed by atoms with Crippen LogP contribution < -0.4 is 10.5 Å². The lowest BCUT2D eigenvalue weighted by Gasteiger charge is -2.08. The first kappa shape index (κ1) is 23.8. The van der Waals surface area contributed by atoms with Crippen LogP contribution in [0.3, 0.4) is 0 Å². The Labute approximate surface area is 179 Å². The number of rotatable bonds is 8. The highest BCUT2D eigenvalue weighted by Crippen LogP contribution is 2.14. The highest BCUT2D eigenvalue weighted by atomic mass is 19.1. The molecular formula is C22H26F2N4O3. The van der Waals surface area contributed by atoms with Gasteiger partial charge in [-0.25, -0.2) is 18.3 Å². The van der Waals surface area contributed by atoms with Crippen molar-refractivity contribution in [3.8, 4) is 5.88 Å². The topological polar surface area (TPSA) is 93.6 Å². The number of nitrogens with zero attached hydrogens (tertiary/aromatic N) is 3. The van der Waals surface area contributed by atoms with Gasteiger partial charge in [0.2, 0.25) is 5.88 Å². The molecule has 0 aliphatic heterocycles. The summed E-state index contributed by atoms with van der Waals surface area (Å²) in [6, 6.07) is 14.0. The number of halogens is 2. The van der Waals surface area contributed by atoms with E-state index in [4.69, 9.17) is 10.5 Å². The van der Waals surface area contributed by atoms with Gasteiger partial charge < -0.3 is 20.5 Å². The first-order chi connectivity index (χ1) is 14.7. The van der Waals surface area contributed by atoms with Crippen LogP contribution in [0.2, 0.25) is 0 Å². The second-order valence-corrected chi connectivity index (χ2v) is 7.02.